The van der Waals surface area contributed by atoms with E-state index >= 15 is 0 Å². The standard InChI is InChI=1S/C17H25NO/c1-13-6-8-15(9-7-13)18-12-17-16-5-3-2-4-14(16)10-11-19-17/h2-5,13,15,17-18H,6-12H2,1H3. The Morgan fingerprint density at radius 1 is 1.16 bits per heavy atom. The van der Waals surface area contributed by atoms with Crippen molar-refractivity contribution in [2.45, 2.75) is 51.2 Å². The molecule has 0 spiro atoms. The van der Waals surface area contributed by atoms with Gasteiger partial charge in [0.2, 0.25) is 0 Å². The van der Waals surface area contributed by atoms with Crippen LogP contribution in [0, 0.1) is 5.92 Å². The quantitative estimate of drug-likeness (QED) is 0.897. The van der Waals surface area contributed by atoms with E-state index in [0.29, 0.717) is 6.04 Å². The van der Waals surface area contributed by atoms with Crippen LogP contribution in [0.15, 0.2) is 24.3 Å². The number of hydrogen-bond donors (Lipinski definition) is 1. The molecule has 19 heavy (non-hydrogen) atoms. The van der Waals surface area contributed by atoms with Crippen molar-refractivity contribution in [3.63, 3.8) is 0 Å². The highest BCUT2D eigenvalue weighted by Crippen LogP contribution is 2.28. The van der Waals surface area contributed by atoms with Gasteiger partial charge in [0.05, 0.1) is 12.7 Å². The third-order valence-corrected chi connectivity index (χ3v) is 4.70. The van der Waals surface area contributed by atoms with Gasteiger partial charge in [-0.2, -0.15) is 0 Å². The Labute approximate surface area is 116 Å². The minimum absolute atomic E-state index is 0.254. The second kappa shape index (κ2) is 6.06. The first-order valence-electron chi connectivity index (χ1n) is 7.75. The molecule has 2 heteroatoms. The molecule has 104 valence electrons. The molecule has 1 heterocycles. The van der Waals surface area contributed by atoms with Crippen molar-refractivity contribution in [3.8, 4) is 0 Å². The Bertz CT molecular complexity index is 409. The van der Waals surface area contributed by atoms with Gasteiger partial charge in [0.15, 0.2) is 0 Å². The maximum Gasteiger partial charge on any atom is 0.0952 e. The summed E-state index contributed by atoms with van der Waals surface area (Å²) in [6.45, 7) is 4.21. The molecule has 0 radical (unpaired) electrons. The van der Waals surface area contributed by atoms with E-state index in [2.05, 4.69) is 36.5 Å². The van der Waals surface area contributed by atoms with Crippen LogP contribution in [0.5, 0.6) is 0 Å². The lowest BCUT2D eigenvalue weighted by molar-refractivity contribution is 0.0393. The molecule has 1 fully saturated rings. The van der Waals surface area contributed by atoms with Crippen LogP contribution in [-0.2, 0) is 11.2 Å². The van der Waals surface area contributed by atoms with E-state index in [1.54, 1.807) is 0 Å². The predicted molar refractivity (Wildman–Crippen MR) is 78.3 cm³/mol. The molecule has 0 saturated heterocycles. The number of ether oxygens (including phenoxy) is 1. The molecule has 1 aromatic rings. The summed E-state index contributed by atoms with van der Waals surface area (Å²) in [5.41, 5.74) is 2.86. The first kappa shape index (κ1) is 13.1. The zero-order valence-electron chi connectivity index (χ0n) is 11.9. The second-order valence-electron chi connectivity index (χ2n) is 6.17. The molecule has 1 aliphatic heterocycles. The molecule has 1 N–H and O–H groups in total. The highest BCUT2D eigenvalue weighted by molar-refractivity contribution is 5.31. The van der Waals surface area contributed by atoms with Gasteiger partial charge in [-0.3, -0.25) is 0 Å². The minimum atomic E-state index is 0.254. The molecule has 0 aromatic heterocycles. The molecule has 1 atom stereocenters. The summed E-state index contributed by atoms with van der Waals surface area (Å²) in [6.07, 6.45) is 6.72. The van der Waals surface area contributed by atoms with E-state index in [4.69, 9.17) is 4.74 Å². The first-order chi connectivity index (χ1) is 9.33. The van der Waals surface area contributed by atoms with Crippen molar-refractivity contribution in [1.29, 1.82) is 0 Å². The molecule has 1 aliphatic carbocycles. The van der Waals surface area contributed by atoms with Gasteiger partial charge in [-0.15, -0.1) is 0 Å². The molecule has 1 unspecified atom stereocenters. The molecular weight excluding hydrogens is 234 g/mol. The molecule has 2 nitrogen and oxygen atoms in total. The number of benzene rings is 1. The largest absolute Gasteiger partial charge is 0.372 e. The van der Waals surface area contributed by atoms with Crippen LogP contribution in [0.3, 0.4) is 0 Å². The topological polar surface area (TPSA) is 21.3 Å². The maximum absolute atomic E-state index is 5.95. The molecule has 0 bridgehead atoms. The fourth-order valence-corrected chi connectivity index (χ4v) is 3.38. The molecule has 0 amide bonds. The molecule has 1 saturated carbocycles. The summed E-state index contributed by atoms with van der Waals surface area (Å²) < 4.78 is 5.95. The van der Waals surface area contributed by atoms with Gasteiger partial charge in [-0.25, -0.2) is 0 Å². The summed E-state index contributed by atoms with van der Waals surface area (Å²) in [7, 11) is 0. The van der Waals surface area contributed by atoms with E-state index in [-0.39, 0.29) is 6.10 Å². The Hall–Kier alpha value is -0.860. The third kappa shape index (κ3) is 3.18. The van der Waals surface area contributed by atoms with Gasteiger partial charge < -0.3 is 10.1 Å². The summed E-state index contributed by atoms with van der Waals surface area (Å²) in [4.78, 5) is 0. The maximum atomic E-state index is 5.95. The molecular formula is C17H25NO. The smallest absolute Gasteiger partial charge is 0.0952 e. The summed E-state index contributed by atoms with van der Waals surface area (Å²) in [5, 5.41) is 3.73. The number of nitrogens with one attached hydrogen (secondary N) is 1. The minimum Gasteiger partial charge on any atom is -0.372 e. The zero-order chi connectivity index (χ0) is 13.1. The van der Waals surface area contributed by atoms with E-state index in [0.717, 1.165) is 25.5 Å². The van der Waals surface area contributed by atoms with Crippen molar-refractivity contribution in [2.75, 3.05) is 13.2 Å². The Morgan fingerprint density at radius 3 is 2.79 bits per heavy atom. The Kier molecular flexibility index (Phi) is 4.19. The van der Waals surface area contributed by atoms with Crippen molar-refractivity contribution in [3.05, 3.63) is 35.4 Å². The lowest BCUT2D eigenvalue weighted by Gasteiger charge is -2.31. The van der Waals surface area contributed by atoms with Gasteiger partial charge in [0, 0.05) is 12.6 Å². The lowest BCUT2D eigenvalue weighted by atomic mass is 9.87. The Balaban J connectivity index is 1.56. The van der Waals surface area contributed by atoms with Crippen molar-refractivity contribution >= 4 is 0 Å². The van der Waals surface area contributed by atoms with Crippen LogP contribution in [0.1, 0.15) is 49.8 Å². The van der Waals surface area contributed by atoms with Crippen molar-refractivity contribution in [2.24, 2.45) is 5.92 Å². The van der Waals surface area contributed by atoms with Crippen LogP contribution >= 0.6 is 0 Å². The van der Waals surface area contributed by atoms with E-state index < -0.39 is 0 Å². The number of rotatable bonds is 3. The monoisotopic (exact) mass is 259 g/mol. The van der Waals surface area contributed by atoms with Gasteiger partial charge in [-0.05, 0) is 49.1 Å². The van der Waals surface area contributed by atoms with Gasteiger partial charge in [0.1, 0.15) is 0 Å². The SMILES string of the molecule is CC1CCC(NCC2OCCc3ccccc32)CC1. The first-order valence-corrected chi connectivity index (χ1v) is 7.75. The van der Waals surface area contributed by atoms with Crippen LogP contribution in [0.4, 0.5) is 0 Å². The van der Waals surface area contributed by atoms with Crippen molar-refractivity contribution in [1.82, 2.24) is 5.32 Å². The van der Waals surface area contributed by atoms with Crippen LogP contribution in [0.25, 0.3) is 0 Å². The normalized spacial score (nSPS) is 30.9. The summed E-state index contributed by atoms with van der Waals surface area (Å²) >= 11 is 0. The zero-order valence-corrected chi connectivity index (χ0v) is 11.9. The van der Waals surface area contributed by atoms with E-state index in [9.17, 15) is 0 Å². The molecule has 1 aromatic carbocycles. The second-order valence-corrected chi connectivity index (χ2v) is 6.17. The van der Waals surface area contributed by atoms with Crippen LogP contribution < -0.4 is 5.32 Å². The number of hydrogen-bond acceptors (Lipinski definition) is 2. The van der Waals surface area contributed by atoms with E-state index in [1.807, 2.05) is 0 Å². The lowest BCUT2D eigenvalue weighted by Crippen LogP contribution is -2.37. The summed E-state index contributed by atoms with van der Waals surface area (Å²) in [5.74, 6) is 0.921. The average Bonchev–Trinajstić information content (AvgIpc) is 2.47. The van der Waals surface area contributed by atoms with Gasteiger partial charge in [-0.1, -0.05) is 31.2 Å². The third-order valence-electron chi connectivity index (χ3n) is 4.70. The van der Waals surface area contributed by atoms with E-state index in [1.165, 1.54) is 36.8 Å². The number of fused-ring (bicyclic) bond motifs is 1. The molecule has 2 aliphatic rings. The average molecular weight is 259 g/mol. The summed E-state index contributed by atoms with van der Waals surface area (Å²) in [6, 6.07) is 9.44. The highest BCUT2D eigenvalue weighted by Gasteiger charge is 2.23. The van der Waals surface area contributed by atoms with Crippen LogP contribution in [0.2, 0.25) is 0 Å². The van der Waals surface area contributed by atoms with Gasteiger partial charge >= 0.3 is 0 Å². The highest BCUT2D eigenvalue weighted by atomic mass is 16.5. The fraction of sp³-hybridized carbons (Fsp3) is 0.647. The molecule has 3 rings (SSSR count). The Morgan fingerprint density at radius 2 is 1.95 bits per heavy atom. The fourth-order valence-electron chi connectivity index (χ4n) is 3.38. The predicted octanol–water partition coefficient (Wildman–Crippen LogP) is 3.47. The van der Waals surface area contributed by atoms with Gasteiger partial charge in [0.25, 0.3) is 0 Å². The van der Waals surface area contributed by atoms with Crippen LogP contribution in [-0.4, -0.2) is 19.2 Å². The van der Waals surface area contributed by atoms with Crippen molar-refractivity contribution < 1.29 is 4.74 Å².